The summed E-state index contributed by atoms with van der Waals surface area (Å²) in [4.78, 5) is 2.68. The van der Waals surface area contributed by atoms with Gasteiger partial charge in [-0.3, -0.25) is 0 Å². The molecular weight excluding hydrogens is 134 g/mol. The topological polar surface area (TPSA) is 3.24 Å². The Morgan fingerprint density at radius 1 is 1.18 bits per heavy atom. The van der Waals surface area contributed by atoms with Crippen molar-refractivity contribution in [2.75, 3.05) is 13.1 Å². The molecule has 0 unspecified atom stereocenters. The molecule has 0 atom stereocenters. The van der Waals surface area contributed by atoms with Crippen LogP contribution in [0.25, 0.3) is 0 Å². The SMILES string of the molecule is CC1CC(N2CC[CH]CC2)C1. The average Bonchev–Trinajstić information content (AvgIpc) is 2.01. The zero-order valence-corrected chi connectivity index (χ0v) is 7.42. The number of piperidine rings is 1. The molecule has 0 N–H and O–H groups in total. The van der Waals surface area contributed by atoms with Crippen molar-refractivity contribution in [1.82, 2.24) is 4.90 Å². The van der Waals surface area contributed by atoms with Gasteiger partial charge in [-0.15, -0.1) is 0 Å². The molecule has 0 aromatic heterocycles. The number of nitrogens with zero attached hydrogens (tertiary/aromatic N) is 1. The van der Waals surface area contributed by atoms with Gasteiger partial charge in [-0.2, -0.15) is 0 Å². The lowest BCUT2D eigenvalue weighted by molar-refractivity contribution is 0.0784. The summed E-state index contributed by atoms with van der Waals surface area (Å²) >= 11 is 0. The highest BCUT2D eigenvalue weighted by Crippen LogP contribution is 2.32. The molecular formula is C10H18N. The fraction of sp³-hybridized carbons (Fsp3) is 0.900. The largest absolute Gasteiger partial charge is 0.300 e. The molecule has 0 aromatic carbocycles. The van der Waals surface area contributed by atoms with Gasteiger partial charge in [0.2, 0.25) is 0 Å². The summed E-state index contributed by atoms with van der Waals surface area (Å²) in [6.45, 7) is 5.03. The Morgan fingerprint density at radius 2 is 1.82 bits per heavy atom. The molecule has 1 saturated carbocycles. The lowest BCUT2D eigenvalue weighted by Gasteiger charge is -2.43. The van der Waals surface area contributed by atoms with Crippen molar-refractivity contribution in [3.8, 4) is 0 Å². The first kappa shape index (κ1) is 7.60. The minimum absolute atomic E-state index is 0.957. The Hall–Kier alpha value is -0.0400. The van der Waals surface area contributed by atoms with Gasteiger partial charge >= 0.3 is 0 Å². The van der Waals surface area contributed by atoms with Gasteiger partial charge in [0.1, 0.15) is 0 Å². The fourth-order valence-corrected chi connectivity index (χ4v) is 2.29. The minimum atomic E-state index is 0.957. The molecule has 0 bridgehead atoms. The standard InChI is InChI=1S/C10H18N/c1-9-7-10(8-9)11-5-3-2-4-6-11/h2,9-10H,3-8H2,1H3. The summed E-state index contributed by atoms with van der Waals surface area (Å²) in [6, 6.07) is 0.957. The van der Waals surface area contributed by atoms with E-state index in [9.17, 15) is 0 Å². The van der Waals surface area contributed by atoms with Crippen LogP contribution in [0.2, 0.25) is 0 Å². The van der Waals surface area contributed by atoms with Gasteiger partial charge in [-0.1, -0.05) is 6.92 Å². The molecule has 63 valence electrons. The molecule has 2 aliphatic rings. The quantitative estimate of drug-likeness (QED) is 0.556. The molecule has 2 rings (SSSR count). The third kappa shape index (κ3) is 1.58. The normalized spacial score (nSPS) is 40.1. The molecule has 11 heavy (non-hydrogen) atoms. The van der Waals surface area contributed by atoms with Gasteiger partial charge in [-0.25, -0.2) is 0 Å². The van der Waals surface area contributed by atoms with E-state index in [2.05, 4.69) is 18.2 Å². The lowest BCUT2D eigenvalue weighted by Crippen LogP contribution is -2.46. The van der Waals surface area contributed by atoms with E-state index in [-0.39, 0.29) is 0 Å². The molecule has 0 aromatic rings. The number of hydrogen-bond donors (Lipinski definition) is 0. The Morgan fingerprint density at radius 3 is 2.36 bits per heavy atom. The number of rotatable bonds is 1. The van der Waals surface area contributed by atoms with Gasteiger partial charge in [-0.05, 0) is 51.1 Å². The van der Waals surface area contributed by atoms with E-state index < -0.39 is 0 Å². The predicted octanol–water partition coefficient (Wildman–Crippen LogP) is 2.08. The second-order valence-corrected chi connectivity index (χ2v) is 4.13. The van der Waals surface area contributed by atoms with Gasteiger partial charge in [0.25, 0.3) is 0 Å². The van der Waals surface area contributed by atoms with E-state index in [1.807, 2.05) is 0 Å². The summed E-state index contributed by atoms with van der Waals surface area (Å²) in [5.41, 5.74) is 0. The van der Waals surface area contributed by atoms with E-state index in [1.54, 1.807) is 0 Å². The first-order valence-corrected chi connectivity index (χ1v) is 4.92. The maximum absolute atomic E-state index is 2.68. The van der Waals surface area contributed by atoms with E-state index in [4.69, 9.17) is 0 Å². The second kappa shape index (κ2) is 3.14. The Kier molecular flexibility index (Phi) is 2.17. The van der Waals surface area contributed by atoms with Crippen LogP contribution in [0, 0.1) is 12.3 Å². The van der Waals surface area contributed by atoms with Gasteiger partial charge in [0.15, 0.2) is 0 Å². The summed E-state index contributed by atoms with van der Waals surface area (Å²) in [7, 11) is 0. The molecule has 1 aliphatic carbocycles. The molecule has 0 amide bonds. The summed E-state index contributed by atoms with van der Waals surface area (Å²) < 4.78 is 0. The third-order valence-corrected chi connectivity index (χ3v) is 3.11. The van der Waals surface area contributed by atoms with E-state index in [0.29, 0.717) is 0 Å². The lowest BCUT2D eigenvalue weighted by atomic mass is 9.80. The molecule has 1 aliphatic heterocycles. The van der Waals surface area contributed by atoms with Crippen LogP contribution in [-0.4, -0.2) is 24.0 Å². The van der Waals surface area contributed by atoms with Crippen LogP contribution in [0.5, 0.6) is 0 Å². The highest BCUT2D eigenvalue weighted by atomic mass is 15.2. The maximum atomic E-state index is 2.68. The third-order valence-electron chi connectivity index (χ3n) is 3.11. The van der Waals surface area contributed by atoms with Crippen LogP contribution in [0.3, 0.4) is 0 Å². The zero-order valence-electron chi connectivity index (χ0n) is 7.42. The Balaban J connectivity index is 1.76. The predicted molar refractivity (Wildman–Crippen MR) is 47.3 cm³/mol. The van der Waals surface area contributed by atoms with Crippen molar-refractivity contribution in [2.45, 2.75) is 38.6 Å². The minimum Gasteiger partial charge on any atom is -0.300 e. The molecule has 1 saturated heterocycles. The second-order valence-electron chi connectivity index (χ2n) is 4.13. The van der Waals surface area contributed by atoms with E-state index >= 15 is 0 Å². The highest BCUT2D eigenvalue weighted by molar-refractivity contribution is 4.88. The zero-order chi connectivity index (χ0) is 7.68. The van der Waals surface area contributed by atoms with Gasteiger partial charge in [0.05, 0.1) is 0 Å². The molecule has 1 heteroatoms. The van der Waals surface area contributed by atoms with Crippen LogP contribution in [0.4, 0.5) is 0 Å². The first-order chi connectivity index (χ1) is 5.36. The molecule has 1 nitrogen and oxygen atoms in total. The molecule has 1 radical (unpaired) electrons. The van der Waals surface area contributed by atoms with E-state index in [0.717, 1.165) is 12.0 Å². The Labute approximate surface area is 69.8 Å². The van der Waals surface area contributed by atoms with Crippen LogP contribution < -0.4 is 0 Å². The monoisotopic (exact) mass is 152 g/mol. The van der Waals surface area contributed by atoms with Crippen LogP contribution in [0.15, 0.2) is 0 Å². The summed E-state index contributed by atoms with van der Waals surface area (Å²) in [6.07, 6.45) is 7.99. The summed E-state index contributed by atoms with van der Waals surface area (Å²) in [5.74, 6) is 1.01. The van der Waals surface area contributed by atoms with Gasteiger partial charge < -0.3 is 4.90 Å². The van der Waals surface area contributed by atoms with Crippen LogP contribution >= 0.6 is 0 Å². The molecule has 1 heterocycles. The van der Waals surface area contributed by atoms with Crippen molar-refractivity contribution < 1.29 is 0 Å². The fourth-order valence-electron chi connectivity index (χ4n) is 2.29. The number of likely N-dealkylation sites (tertiary alicyclic amines) is 1. The van der Waals surface area contributed by atoms with Crippen molar-refractivity contribution in [3.05, 3.63) is 6.42 Å². The highest BCUT2D eigenvalue weighted by Gasteiger charge is 2.30. The van der Waals surface area contributed by atoms with Crippen LogP contribution in [0.1, 0.15) is 32.6 Å². The molecule has 0 spiro atoms. The maximum Gasteiger partial charge on any atom is 0.0100 e. The summed E-state index contributed by atoms with van der Waals surface area (Å²) in [5, 5.41) is 0. The van der Waals surface area contributed by atoms with Crippen molar-refractivity contribution in [2.24, 2.45) is 5.92 Å². The smallest absolute Gasteiger partial charge is 0.0100 e. The van der Waals surface area contributed by atoms with Crippen molar-refractivity contribution in [3.63, 3.8) is 0 Å². The van der Waals surface area contributed by atoms with Gasteiger partial charge in [0, 0.05) is 6.04 Å². The van der Waals surface area contributed by atoms with Crippen molar-refractivity contribution >= 4 is 0 Å². The molecule has 2 fully saturated rings. The Bertz CT molecular complexity index is 121. The van der Waals surface area contributed by atoms with E-state index in [1.165, 1.54) is 38.8 Å². The van der Waals surface area contributed by atoms with Crippen LogP contribution in [-0.2, 0) is 0 Å². The first-order valence-electron chi connectivity index (χ1n) is 4.92. The number of hydrogen-bond acceptors (Lipinski definition) is 1. The average molecular weight is 152 g/mol. The van der Waals surface area contributed by atoms with Crippen molar-refractivity contribution in [1.29, 1.82) is 0 Å².